The summed E-state index contributed by atoms with van der Waals surface area (Å²) in [6.45, 7) is 6.29. The van der Waals surface area contributed by atoms with Crippen LogP contribution in [0.2, 0.25) is 0 Å². The largest absolute Gasteiger partial charge is 0.381 e. The quantitative estimate of drug-likeness (QED) is 0.790. The van der Waals surface area contributed by atoms with E-state index in [1.807, 2.05) is 0 Å². The number of halogens is 2. The minimum Gasteiger partial charge on any atom is -0.381 e. The van der Waals surface area contributed by atoms with Gasteiger partial charge in [-0.3, -0.25) is 4.79 Å². The maximum absolute atomic E-state index is 12.1. The number of nitrogens with zero attached hydrogens (tertiary/aromatic N) is 1. The summed E-state index contributed by atoms with van der Waals surface area (Å²) in [5, 5.41) is 6.14. The molecule has 0 saturated carbocycles. The first kappa shape index (κ1) is 22.6. The second-order valence-corrected chi connectivity index (χ2v) is 6.74. The van der Waals surface area contributed by atoms with Gasteiger partial charge in [-0.1, -0.05) is 13.8 Å². The zero-order chi connectivity index (χ0) is 15.2. The normalized spacial score (nSPS) is 16.3. The van der Waals surface area contributed by atoms with Crippen LogP contribution in [0, 0.1) is 5.92 Å². The molecule has 1 fully saturated rings. The Morgan fingerprint density at radius 2 is 2.09 bits per heavy atom. The standard InChI is InChI=1S/C15H25N3O2S.2ClH/c1-10(2)15-18-12(9-21-15)3-6-17-14(19)13(16)11-4-7-20-8-5-11;;/h9-11,13H,3-8,16H2,1-2H3,(H,17,19);2*1H. The highest BCUT2D eigenvalue weighted by Crippen LogP contribution is 2.19. The number of hydrogen-bond donors (Lipinski definition) is 2. The molecule has 1 aliphatic rings. The fraction of sp³-hybridized carbons (Fsp3) is 0.733. The first-order chi connectivity index (χ1) is 10.1. The Bertz CT molecular complexity index is 465. The molecular formula is C15H27Cl2N3O2S. The van der Waals surface area contributed by atoms with Crippen LogP contribution in [-0.4, -0.2) is 36.7 Å². The van der Waals surface area contributed by atoms with Crippen LogP contribution in [0.15, 0.2) is 5.38 Å². The summed E-state index contributed by atoms with van der Waals surface area (Å²) in [5.74, 6) is 0.645. The van der Waals surface area contributed by atoms with Crippen molar-refractivity contribution >= 4 is 42.1 Å². The molecule has 0 aliphatic carbocycles. The molecule has 0 spiro atoms. The minimum absolute atomic E-state index is 0. The van der Waals surface area contributed by atoms with Crippen LogP contribution in [0.1, 0.15) is 43.3 Å². The monoisotopic (exact) mass is 383 g/mol. The van der Waals surface area contributed by atoms with Crippen molar-refractivity contribution in [3.8, 4) is 0 Å². The Morgan fingerprint density at radius 3 is 2.65 bits per heavy atom. The van der Waals surface area contributed by atoms with E-state index in [2.05, 4.69) is 29.5 Å². The van der Waals surface area contributed by atoms with Crippen molar-refractivity contribution in [3.63, 3.8) is 0 Å². The van der Waals surface area contributed by atoms with Crippen molar-refractivity contribution in [2.24, 2.45) is 11.7 Å². The highest BCUT2D eigenvalue weighted by atomic mass is 35.5. The summed E-state index contributed by atoms with van der Waals surface area (Å²) in [6.07, 6.45) is 2.51. The number of carbonyl (C=O) groups excluding carboxylic acids is 1. The maximum Gasteiger partial charge on any atom is 0.237 e. The summed E-state index contributed by atoms with van der Waals surface area (Å²) in [7, 11) is 0. The maximum atomic E-state index is 12.1. The number of aromatic nitrogens is 1. The molecule has 5 nitrogen and oxygen atoms in total. The van der Waals surface area contributed by atoms with E-state index in [-0.39, 0.29) is 36.6 Å². The van der Waals surface area contributed by atoms with Crippen LogP contribution in [-0.2, 0) is 16.0 Å². The van der Waals surface area contributed by atoms with Gasteiger partial charge in [-0.25, -0.2) is 4.98 Å². The molecular weight excluding hydrogens is 357 g/mol. The van der Waals surface area contributed by atoms with E-state index in [0.717, 1.165) is 30.0 Å². The molecule has 1 aliphatic heterocycles. The van der Waals surface area contributed by atoms with Crippen LogP contribution in [0.4, 0.5) is 0 Å². The van der Waals surface area contributed by atoms with Gasteiger partial charge in [-0.2, -0.15) is 0 Å². The molecule has 1 saturated heterocycles. The van der Waals surface area contributed by atoms with Gasteiger partial charge in [-0.15, -0.1) is 36.2 Å². The SMILES string of the molecule is CC(C)c1nc(CCNC(=O)C(N)C2CCOCC2)cs1.Cl.Cl. The smallest absolute Gasteiger partial charge is 0.237 e. The number of carbonyl (C=O) groups is 1. The Labute approximate surface area is 154 Å². The van der Waals surface area contributed by atoms with Gasteiger partial charge in [0.1, 0.15) is 0 Å². The van der Waals surface area contributed by atoms with Gasteiger partial charge in [0.25, 0.3) is 0 Å². The van der Waals surface area contributed by atoms with Crippen LogP contribution in [0.3, 0.4) is 0 Å². The molecule has 23 heavy (non-hydrogen) atoms. The van der Waals surface area contributed by atoms with Crippen molar-refractivity contribution < 1.29 is 9.53 Å². The molecule has 8 heteroatoms. The topological polar surface area (TPSA) is 77.2 Å². The average Bonchev–Trinajstić information content (AvgIpc) is 2.96. The highest BCUT2D eigenvalue weighted by Gasteiger charge is 2.26. The van der Waals surface area contributed by atoms with E-state index in [4.69, 9.17) is 10.5 Å². The predicted octanol–water partition coefficient (Wildman–Crippen LogP) is 2.52. The first-order valence-electron chi connectivity index (χ1n) is 7.63. The van der Waals surface area contributed by atoms with Gasteiger partial charge in [0.15, 0.2) is 0 Å². The molecule has 2 heterocycles. The van der Waals surface area contributed by atoms with Crippen molar-refractivity contribution in [2.45, 2.75) is 45.1 Å². The Kier molecular flexibility index (Phi) is 11.0. The second kappa shape index (κ2) is 11.2. The molecule has 134 valence electrons. The Morgan fingerprint density at radius 1 is 1.43 bits per heavy atom. The lowest BCUT2D eigenvalue weighted by atomic mass is 9.92. The highest BCUT2D eigenvalue weighted by molar-refractivity contribution is 7.09. The molecule has 1 aromatic heterocycles. The van der Waals surface area contributed by atoms with E-state index in [1.54, 1.807) is 11.3 Å². The molecule has 1 unspecified atom stereocenters. The van der Waals surface area contributed by atoms with E-state index in [1.165, 1.54) is 0 Å². The number of amides is 1. The third kappa shape index (κ3) is 6.93. The zero-order valence-electron chi connectivity index (χ0n) is 13.6. The summed E-state index contributed by atoms with van der Waals surface area (Å²) in [4.78, 5) is 16.6. The number of ether oxygens (including phenoxy) is 1. The van der Waals surface area contributed by atoms with E-state index >= 15 is 0 Å². The summed E-state index contributed by atoms with van der Waals surface area (Å²) in [5.41, 5.74) is 7.08. The number of nitrogens with two attached hydrogens (primary N) is 1. The minimum atomic E-state index is -0.421. The predicted molar refractivity (Wildman–Crippen MR) is 98.9 cm³/mol. The summed E-state index contributed by atoms with van der Waals surface area (Å²) >= 11 is 1.68. The van der Waals surface area contributed by atoms with Gasteiger partial charge in [0, 0.05) is 37.5 Å². The molecule has 1 aromatic rings. The van der Waals surface area contributed by atoms with Gasteiger partial charge >= 0.3 is 0 Å². The summed E-state index contributed by atoms with van der Waals surface area (Å²) < 4.78 is 5.30. The lowest BCUT2D eigenvalue weighted by Crippen LogP contribution is -2.47. The van der Waals surface area contributed by atoms with Gasteiger partial charge in [-0.05, 0) is 18.8 Å². The number of thiazole rings is 1. The van der Waals surface area contributed by atoms with Crippen molar-refractivity contribution in [1.29, 1.82) is 0 Å². The van der Waals surface area contributed by atoms with Gasteiger partial charge in [0.2, 0.25) is 5.91 Å². The molecule has 1 amide bonds. The first-order valence-corrected chi connectivity index (χ1v) is 8.51. The van der Waals surface area contributed by atoms with Crippen molar-refractivity contribution in [3.05, 3.63) is 16.1 Å². The number of nitrogens with one attached hydrogen (secondary N) is 1. The molecule has 0 bridgehead atoms. The zero-order valence-corrected chi connectivity index (χ0v) is 16.1. The average molecular weight is 384 g/mol. The van der Waals surface area contributed by atoms with E-state index in [9.17, 15) is 4.79 Å². The van der Waals surface area contributed by atoms with Crippen LogP contribution in [0.5, 0.6) is 0 Å². The lowest BCUT2D eigenvalue weighted by molar-refractivity contribution is -0.124. The summed E-state index contributed by atoms with van der Waals surface area (Å²) in [6, 6.07) is -0.421. The van der Waals surface area contributed by atoms with E-state index in [0.29, 0.717) is 25.7 Å². The molecule has 0 aromatic carbocycles. The van der Waals surface area contributed by atoms with Crippen molar-refractivity contribution in [1.82, 2.24) is 10.3 Å². The third-order valence-electron chi connectivity index (χ3n) is 3.82. The molecule has 0 radical (unpaired) electrons. The van der Waals surface area contributed by atoms with Gasteiger partial charge < -0.3 is 15.8 Å². The number of rotatable bonds is 6. The van der Waals surface area contributed by atoms with Crippen LogP contribution < -0.4 is 11.1 Å². The fourth-order valence-electron chi connectivity index (χ4n) is 2.42. The number of hydrogen-bond acceptors (Lipinski definition) is 5. The van der Waals surface area contributed by atoms with E-state index < -0.39 is 6.04 Å². The Hall–Kier alpha value is -0.400. The van der Waals surface area contributed by atoms with Gasteiger partial charge in [0.05, 0.1) is 16.7 Å². The van der Waals surface area contributed by atoms with Crippen molar-refractivity contribution in [2.75, 3.05) is 19.8 Å². The Balaban J connectivity index is 0.00000242. The molecule has 3 N–H and O–H groups in total. The molecule has 2 rings (SSSR count). The molecule has 1 atom stereocenters. The fourth-order valence-corrected chi connectivity index (χ4v) is 3.29. The van der Waals surface area contributed by atoms with Crippen LogP contribution >= 0.6 is 36.2 Å². The second-order valence-electron chi connectivity index (χ2n) is 5.85. The third-order valence-corrected chi connectivity index (χ3v) is 5.01. The lowest BCUT2D eigenvalue weighted by Gasteiger charge is -2.26. The van der Waals surface area contributed by atoms with Crippen LogP contribution in [0.25, 0.3) is 0 Å².